The summed E-state index contributed by atoms with van der Waals surface area (Å²) in [7, 11) is 0. The van der Waals surface area contributed by atoms with E-state index < -0.39 is 5.97 Å². The monoisotopic (exact) mass is 215 g/mol. The normalized spacial score (nSPS) is 11.0. The van der Waals surface area contributed by atoms with Crippen LogP contribution in [0.2, 0.25) is 0 Å². The maximum absolute atomic E-state index is 11.9. The van der Waals surface area contributed by atoms with Crippen LogP contribution in [-0.4, -0.2) is 16.1 Å². The van der Waals surface area contributed by atoms with Crippen LogP contribution < -0.4 is 5.43 Å². The van der Waals surface area contributed by atoms with Crippen molar-refractivity contribution < 1.29 is 9.90 Å². The number of carboxylic acids is 1. The molecular weight excluding hydrogens is 206 g/mol. The maximum Gasteiger partial charge on any atom is 0.328 e. The molecule has 0 aliphatic rings. The molecule has 0 spiro atoms. The average molecular weight is 215 g/mol. The second-order valence-electron chi connectivity index (χ2n) is 3.29. The molecule has 0 amide bonds. The number of hydrogen-bond donors (Lipinski definition) is 2. The predicted molar refractivity (Wildman–Crippen MR) is 61.2 cm³/mol. The van der Waals surface area contributed by atoms with Gasteiger partial charge in [0.2, 0.25) is 0 Å². The number of carbonyl (C=O) groups is 1. The van der Waals surface area contributed by atoms with Crippen LogP contribution in [0.3, 0.4) is 0 Å². The van der Waals surface area contributed by atoms with E-state index in [4.69, 9.17) is 5.11 Å². The highest BCUT2D eigenvalue weighted by molar-refractivity contribution is 5.87. The van der Waals surface area contributed by atoms with E-state index in [1.54, 1.807) is 18.2 Å². The van der Waals surface area contributed by atoms with Gasteiger partial charge in [-0.1, -0.05) is 12.1 Å². The van der Waals surface area contributed by atoms with Gasteiger partial charge in [-0.15, -0.1) is 0 Å². The minimum atomic E-state index is -1.08. The van der Waals surface area contributed by atoms with Crippen molar-refractivity contribution in [2.24, 2.45) is 0 Å². The molecule has 1 heterocycles. The van der Waals surface area contributed by atoms with Gasteiger partial charge in [0, 0.05) is 28.7 Å². The van der Waals surface area contributed by atoms with E-state index in [1.165, 1.54) is 12.3 Å². The summed E-state index contributed by atoms with van der Waals surface area (Å²) in [6.07, 6.45) is 3.73. The third-order valence-electron chi connectivity index (χ3n) is 2.22. The molecule has 4 heteroatoms. The molecule has 0 aliphatic carbocycles. The van der Waals surface area contributed by atoms with Crippen molar-refractivity contribution in [2.45, 2.75) is 0 Å². The molecule has 0 fully saturated rings. The van der Waals surface area contributed by atoms with Gasteiger partial charge in [-0.3, -0.25) is 4.79 Å². The number of fused-ring (bicyclic) bond motifs is 1. The number of aromatic amines is 1. The standard InChI is InChI=1S/C12H9NO3/c14-11(15)6-5-8-7-13-10-4-2-1-3-9(10)12(8)16/h1-7H,(H,13,16)(H,14,15)/b6-5+. The fourth-order valence-corrected chi connectivity index (χ4v) is 1.47. The number of aromatic nitrogens is 1. The van der Waals surface area contributed by atoms with E-state index in [9.17, 15) is 9.59 Å². The van der Waals surface area contributed by atoms with Crippen LogP contribution in [0.4, 0.5) is 0 Å². The van der Waals surface area contributed by atoms with Crippen molar-refractivity contribution in [3.8, 4) is 0 Å². The van der Waals surface area contributed by atoms with Crippen molar-refractivity contribution in [2.75, 3.05) is 0 Å². The Morgan fingerprint density at radius 3 is 2.81 bits per heavy atom. The summed E-state index contributed by atoms with van der Waals surface area (Å²) in [5, 5.41) is 9.03. The number of H-pyrrole nitrogens is 1. The first-order valence-corrected chi connectivity index (χ1v) is 4.70. The summed E-state index contributed by atoms with van der Waals surface area (Å²) in [5.41, 5.74) is 0.896. The number of benzene rings is 1. The Bertz CT molecular complexity index is 625. The zero-order valence-corrected chi connectivity index (χ0v) is 8.31. The van der Waals surface area contributed by atoms with E-state index in [1.807, 2.05) is 6.07 Å². The van der Waals surface area contributed by atoms with Crippen molar-refractivity contribution >= 4 is 22.9 Å². The van der Waals surface area contributed by atoms with Gasteiger partial charge in [-0.05, 0) is 18.2 Å². The fourth-order valence-electron chi connectivity index (χ4n) is 1.47. The lowest BCUT2D eigenvalue weighted by Crippen LogP contribution is -2.06. The van der Waals surface area contributed by atoms with Gasteiger partial charge < -0.3 is 10.1 Å². The SMILES string of the molecule is O=C(O)/C=C/c1c[nH]c2ccccc2c1=O. The van der Waals surface area contributed by atoms with Gasteiger partial charge >= 0.3 is 5.97 Å². The van der Waals surface area contributed by atoms with Crippen LogP contribution in [0.5, 0.6) is 0 Å². The molecule has 0 saturated heterocycles. The molecule has 0 atom stereocenters. The van der Waals surface area contributed by atoms with Crippen LogP contribution in [0, 0.1) is 0 Å². The summed E-state index contributed by atoms with van der Waals surface area (Å²) in [4.78, 5) is 25.2. The number of aliphatic carboxylic acids is 1. The zero-order valence-electron chi connectivity index (χ0n) is 8.31. The molecule has 0 aliphatic heterocycles. The third-order valence-corrected chi connectivity index (χ3v) is 2.22. The molecule has 16 heavy (non-hydrogen) atoms. The zero-order chi connectivity index (χ0) is 11.5. The van der Waals surface area contributed by atoms with Gasteiger partial charge in [-0.25, -0.2) is 4.79 Å². The highest BCUT2D eigenvalue weighted by atomic mass is 16.4. The third kappa shape index (κ3) is 1.86. The van der Waals surface area contributed by atoms with Crippen LogP contribution in [0.25, 0.3) is 17.0 Å². The first-order valence-electron chi connectivity index (χ1n) is 4.70. The molecular formula is C12H9NO3. The molecule has 80 valence electrons. The molecule has 2 aromatic rings. The van der Waals surface area contributed by atoms with Gasteiger partial charge in [0.05, 0.1) is 0 Å². The number of hydrogen-bond acceptors (Lipinski definition) is 2. The Morgan fingerprint density at radius 2 is 2.06 bits per heavy atom. The van der Waals surface area contributed by atoms with Crippen molar-refractivity contribution in [1.29, 1.82) is 0 Å². The largest absolute Gasteiger partial charge is 0.478 e. The van der Waals surface area contributed by atoms with E-state index in [0.29, 0.717) is 10.9 Å². The molecule has 1 aromatic carbocycles. The quantitative estimate of drug-likeness (QED) is 0.748. The maximum atomic E-state index is 11.9. The lowest BCUT2D eigenvalue weighted by Gasteiger charge is -1.98. The number of rotatable bonds is 2. The Hall–Kier alpha value is -2.36. The van der Waals surface area contributed by atoms with Crippen LogP contribution in [0.1, 0.15) is 5.56 Å². The van der Waals surface area contributed by atoms with E-state index in [-0.39, 0.29) is 5.43 Å². The molecule has 2 N–H and O–H groups in total. The van der Waals surface area contributed by atoms with Gasteiger partial charge in [0.15, 0.2) is 5.43 Å². The molecule has 0 unspecified atom stereocenters. The van der Waals surface area contributed by atoms with Crippen LogP contribution in [-0.2, 0) is 4.79 Å². The smallest absolute Gasteiger partial charge is 0.328 e. The lowest BCUT2D eigenvalue weighted by atomic mass is 10.1. The van der Waals surface area contributed by atoms with Crippen molar-refractivity contribution in [1.82, 2.24) is 4.98 Å². The summed E-state index contributed by atoms with van der Waals surface area (Å²) in [6, 6.07) is 7.08. The summed E-state index contributed by atoms with van der Waals surface area (Å²) in [5.74, 6) is -1.08. The van der Waals surface area contributed by atoms with E-state index in [0.717, 1.165) is 11.6 Å². The van der Waals surface area contributed by atoms with Gasteiger partial charge in [0.25, 0.3) is 0 Å². The molecule has 0 radical (unpaired) electrons. The number of carboxylic acid groups (broad SMARTS) is 1. The highest BCUT2D eigenvalue weighted by Crippen LogP contribution is 2.07. The fraction of sp³-hybridized carbons (Fsp3) is 0. The van der Waals surface area contributed by atoms with Crippen molar-refractivity contribution in [3.05, 3.63) is 52.3 Å². The predicted octanol–water partition coefficient (Wildman–Crippen LogP) is 1.63. The minimum Gasteiger partial charge on any atom is -0.478 e. The summed E-state index contributed by atoms with van der Waals surface area (Å²) in [6.45, 7) is 0. The Morgan fingerprint density at radius 1 is 1.31 bits per heavy atom. The average Bonchev–Trinajstić information content (AvgIpc) is 2.28. The topological polar surface area (TPSA) is 70.2 Å². The van der Waals surface area contributed by atoms with Crippen LogP contribution >= 0.6 is 0 Å². The van der Waals surface area contributed by atoms with Crippen LogP contribution in [0.15, 0.2) is 41.3 Å². The van der Waals surface area contributed by atoms with Crippen molar-refractivity contribution in [3.63, 3.8) is 0 Å². The molecule has 0 bridgehead atoms. The van der Waals surface area contributed by atoms with Gasteiger partial charge in [0.1, 0.15) is 0 Å². The number of nitrogens with one attached hydrogen (secondary N) is 1. The molecule has 2 rings (SSSR count). The molecule has 4 nitrogen and oxygen atoms in total. The lowest BCUT2D eigenvalue weighted by molar-refractivity contribution is -0.131. The second kappa shape index (κ2) is 4.02. The summed E-state index contributed by atoms with van der Waals surface area (Å²) >= 11 is 0. The molecule has 1 aromatic heterocycles. The molecule has 0 saturated carbocycles. The van der Waals surface area contributed by atoms with Gasteiger partial charge in [-0.2, -0.15) is 0 Å². The first-order chi connectivity index (χ1) is 7.68. The van der Waals surface area contributed by atoms with E-state index >= 15 is 0 Å². The Labute approximate surface area is 90.9 Å². The second-order valence-corrected chi connectivity index (χ2v) is 3.29. The Kier molecular flexibility index (Phi) is 2.55. The minimum absolute atomic E-state index is 0.174. The highest BCUT2D eigenvalue weighted by Gasteiger charge is 2.01. The number of pyridine rings is 1. The van der Waals surface area contributed by atoms with E-state index in [2.05, 4.69) is 4.98 Å². The number of para-hydroxylation sites is 1. The first kappa shape index (κ1) is 10.2. The summed E-state index contributed by atoms with van der Waals surface area (Å²) < 4.78 is 0. The Balaban J connectivity index is 2.61.